The number of anilines is 1. The van der Waals surface area contributed by atoms with Gasteiger partial charge in [-0.15, -0.1) is 11.3 Å². The van der Waals surface area contributed by atoms with E-state index in [9.17, 15) is 19.2 Å². The summed E-state index contributed by atoms with van der Waals surface area (Å²) in [6.45, 7) is 2.26. The van der Waals surface area contributed by atoms with Gasteiger partial charge >= 0.3 is 5.97 Å². The van der Waals surface area contributed by atoms with Gasteiger partial charge in [-0.05, 0) is 43.3 Å². The largest absolute Gasteiger partial charge is 0.459 e. The first-order valence-corrected chi connectivity index (χ1v) is 9.96. The number of rotatable bonds is 6. The summed E-state index contributed by atoms with van der Waals surface area (Å²) in [4.78, 5) is 49.9. The van der Waals surface area contributed by atoms with Crippen molar-refractivity contribution in [3.05, 3.63) is 41.2 Å². The molecule has 1 aliphatic rings. The Morgan fingerprint density at radius 1 is 1.28 bits per heavy atom. The predicted molar refractivity (Wildman–Crippen MR) is 104 cm³/mol. The van der Waals surface area contributed by atoms with Gasteiger partial charge in [-0.25, -0.2) is 0 Å². The molecule has 0 spiro atoms. The molecule has 3 heterocycles. The van der Waals surface area contributed by atoms with Gasteiger partial charge < -0.3 is 25.1 Å². The lowest BCUT2D eigenvalue weighted by Crippen LogP contribution is -2.41. The fourth-order valence-corrected chi connectivity index (χ4v) is 3.81. The maximum Gasteiger partial charge on any atom is 0.309 e. The van der Waals surface area contributed by atoms with E-state index in [2.05, 4.69) is 5.32 Å². The van der Waals surface area contributed by atoms with Crippen molar-refractivity contribution in [1.82, 2.24) is 4.90 Å². The third-order valence-electron chi connectivity index (χ3n) is 4.68. The number of hydrogen-bond acceptors (Lipinski definition) is 7. The molecule has 3 rings (SSSR count). The maximum atomic E-state index is 12.4. The molecule has 0 aromatic carbocycles. The molecule has 1 saturated heterocycles. The van der Waals surface area contributed by atoms with Gasteiger partial charge in [0.1, 0.15) is 5.00 Å². The van der Waals surface area contributed by atoms with E-state index < -0.39 is 29.8 Å². The highest BCUT2D eigenvalue weighted by Crippen LogP contribution is 2.24. The second kappa shape index (κ2) is 8.91. The van der Waals surface area contributed by atoms with E-state index >= 15 is 0 Å². The van der Waals surface area contributed by atoms with Crippen LogP contribution in [-0.2, 0) is 14.3 Å². The Labute approximate surface area is 170 Å². The van der Waals surface area contributed by atoms with Gasteiger partial charge in [0, 0.05) is 13.1 Å². The number of hydrogen-bond donors (Lipinski definition) is 2. The van der Waals surface area contributed by atoms with Crippen LogP contribution in [0.2, 0.25) is 0 Å². The first kappa shape index (κ1) is 20.6. The Morgan fingerprint density at radius 3 is 2.62 bits per heavy atom. The lowest BCUT2D eigenvalue weighted by molar-refractivity contribution is -0.158. The van der Waals surface area contributed by atoms with Gasteiger partial charge in [0.15, 0.2) is 11.9 Å². The standard InChI is InChI=1S/C19H21N3O6S/c1-11(16(24)21-17-13(15(20)23)6-10-29-17)28-19(26)12-4-7-22(8-5-12)18(25)14-3-2-9-27-14/h2-3,6,9-12H,4-5,7-8H2,1H3,(H2,20,23)(H,21,24). The van der Waals surface area contributed by atoms with Crippen molar-refractivity contribution in [2.24, 2.45) is 11.7 Å². The number of ether oxygens (including phenoxy) is 1. The summed E-state index contributed by atoms with van der Waals surface area (Å²) in [5, 5.41) is 4.50. The van der Waals surface area contributed by atoms with E-state index in [4.69, 9.17) is 14.9 Å². The van der Waals surface area contributed by atoms with Crippen molar-refractivity contribution in [3.8, 4) is 0 Å². The normalized spacial score (nSPS) is 15.6. The second-order valence-electron chi connectivity index (χ2n) is 6.64. The van der Waals surface area contributed by atoms with Crippen molar-refractivity contribution in [3.63, 3.8) is 0 Å². The zero-order chi connectivity index (χ0) is 21.0. The Balaban J connectivity index is 1.48. The Kier molecular flexibility index (Phi) is 6.32. The van der Waals surface area contributed by atoms with Crippen LogP contribution >= 0.6 is 11.3 Å². The zero-order valence-corrected chi connectivity index (χ0v) is 16.6. The van der Waals surface area contributed by atoms with Crippen molar-refractivity contribution >= 4 is 40.0 Å². The SMILES string of the molecule is CC(OC(=O)C1CCN(C(=O)c2ccco2)CC1)C(=O)Nc1sccc1C(N)=O. The Morgan fingerprint density at radius 2 is 2.00 bits per heavy atom. The smallest absolute Gasteiger partial charge is 0.309 e. The van der Waals surface area contributed by atoms with Crippen LogP contribution in [0.15, 0.2) is 34.3 Å². The number of carbonyl (C=O) groups excluding carboxylic acids is 4. The molecule has 1 atom stereocenters. The summed E-state index contributed by atoms with van der Waals surface area (Å²) in [5.41, 5.74) is 5.45. The third kappa shape index (κ3) is 4.83. The first-order valence-electron chi connectivity index (χ1n) is 9.08. The van der Waals surface area contributed by atoms with Gasteiger partial charge in [-0.1, -0.05) is 0 Å². The molecule has 29 heavy (non-hydrogen) atoms. The highest BCUT2D eigenvalue weighted by atomic mass is 32.1. The summed E-state index contributed by atoms with van der Waals surface area (Å²) in [5.74, 6) is -2.03. The average molecular weight is 419 g/mol. The molecule has 2 aromatic rings. The summed E-state index contributed by atoms with van der Waals surface area (Å²) in [6.07, 6.45) is 1.28. The molecule has 1 aliphatic heterocycles. The highest BCUT2D eigenvalue weighted by Gasteiger charge is 2.31. The number of nitrogens with zero attached hydrogens (tertiary/aromatic N) is 1. The molecule has 1 fully saturated rings. The van der Waals surface area contributed by atoms with Gasteiger partial charge in [0.2, 0.25) is 0 Å². The number of piperidine rings is 1. The number of carbonyl (C=O) groups is 4. The molecule has 1 unspecified atom stereocenters. The van der Waals surface area contributed by atoms with Crippen LogP contribution < -0.4 is 11.1 Å². The fraction of sp³-hybridized carbons (Fsp3) is 0.368. The molecule has 0 saturated carbocycles. The van der Waals surface area contributed by atoms with Crippen molar-refractivity contribution < 1.29 is 28.3 Å². The lowest BCUT2D eigenvalue weighted by atomic mass is 9.97. The molecule has 10 heteroatoms. The number of furan rings is 1. The molecule has 0 bridgehead atoms. The number of amides is 3. The van der Waals surface area contributed by atoms with Crippen LogP contribution in [0, 0.1) is 5.92 Å². The molecule has 0 aliphatic carbocycles. The quantitative estimate of drug-likeness (QED) is 0.687. The van der Waals surface area contributed by atoms with E-state index in [0.29, 0.717) is 30.9 Å². The van der Waals surface area contributed by atoms with E-state index in [1.54, 1.807) is 22.4 Å². The minimum atomic E-state index is -1.03. The zero-order valence-electron chi connectivity index (χ0n) is 15.8. The van der Waals surface area contributed by atoms with Crippen molar-refractivity contribution in [2.45, 2.75) is 25.9 Å². The molecular weight excluding hydrogens is 398 g/mol. The Hall–Kier alpha value is -3.14. The molecule has 3 N–H and O–H groups in total. The first-order chi connectivity index (χ1) is 13.9. The molecule has 0 radical (unpaired) electrons. The van der Waals surface area contributed by atoms with Gasteiger partial charge in [0.25, 0.3) is 17.7 Å². The van der Waals surface area contributed by atoms with Crippen LogP contribution in [-0.4, -0.2) is 47.8 Å². The van der Waals surface area contributed by atoms with E-state index in [1.165, 1.54) is 19.3 Å². The third-order valence-corrected chi connectivity index (χ3v) is 5.51. The van der Waals surface area contributed by atoms with Crippen LogP contribution in [0.3, 0.4) is 0 Å². The predicted octanol–water partition coefficient (Wildman–Crippen LogP) is 1.86. The minimum absolute atomic E-state index is 0.204. The summed E-state index contributed by atoms with van der Waals surface area (Å²) in [7, 11) is 0. The average Bonchev–Trinajstić information content (AvgIpc) is 3.39. The van der Waals surface area contributed by atoms with Gasteiger partial charge in [-0.3, -0.25) is 19.2 Å². The van der Waals surface area contributed by atoms with Gasteiger partial charge in [0.05, 0.1) is 17.7 Å². The second-order valence-corrected chi connectivity index (χ2v) is 7.56. The van der Waals surface area contributed by atoms with Crippen LogP contribution in [0.25, 0.3) is 0 Å². The summed E-state index contributed by atoms with van der Waals surface area (Å²) < 4.78 is 10.4. The van der Waals surface area contributed by atoms with Crippen molar-refractivity contribution in [1.29, 1.82) is 0 Å². The molecule has 154 valence electrons. The van der Waals surface area contributed by atoms with Crippen LogP contribution in [0.4, 0.5) is 5.00 Å². The number of esters is 1. The summed E-state index contributed by atoms with van der Waals surface area (Å²) >= 11 is 1.15. The fourth-order valence-electron chi connectivity index (χ4n) is 3.01. The summed E-state index contributed by atoms with van der Waals surface area (Å²) in [6, 6.07) is 4.75. The monoisotopic (exact) mass is 419 g/mol. The number of nitrogens with two attached hydrogens (primary N) is 1. The Bertz CT molecular complexity index is 899. The van der Waals surface area contributed by atoms with Gasteiger partial charge in [-0.2, -0.15) is 0 Å². The highest BCUT2D eigenvalue weighted by molar-refractivity contribution is 7.14. The van der Waals surface area contributed by atoms with Crippen LogP contribution in [0.5, 0.6) is 0 Å². The number of primary amides is 1. The van der Waals surface area contributed by atoms with E-state index in [-0.39, 0.29) is 17.2 Å². The molecule has 2 aromatic heterocycles. The lowest BCUT2D eigenvalue weighted by Gasteiger charge is -2.30. The van der Waals surface area contributed by atoms with E-state index in [0.717, 1.165) is 11.3 Å². The number of thiophene rings is 1. The molecule has 3 amide bonds. The van der Waals surface area contributed by atoms with Crippen molar-refractivity contribution in [2.75, 3.05) is 18.4 Å². The van der Waals surface area contributed by atoms with E-state index in [1.807, 2.05) is 0 Å². The van der Waals surface area contributed by atoms with Crippen LogP contribution in [0.1, 0.15) is 40.7 Å². The molecule has 9 nitrogen and oxygen atoms in total. The minimum Gasteiger partial charge on any atom is -0.459 e. The number of nitrogens with one attached hydrogen (secondary N) is 1. The maximum absolute atomic E-state index is 12.4. The number of likely N-dealkylation sites (tertiary alicyclic amines) is 1. The molecular formula is C19H21N3O6S. The topological polar surface area (TPSA) is 132 Å².